The van der Waals surface area contributed by atoms with Crippen molar-refractivity contribution >= 4 is 39.3 Å². The van der Waals surface area contributed by atoms with E-state index in [4.69, 9.17) is 11.6 Å². The number of hydrogen-bond acceptors (Lipinski definition) is 5. The van der Waals surface area contributed by atoms with Crippen LogP contribution in [0.2, 0.25) is 5.15 Å². The van der Waals surface area contributed by atoms with Gasteiger partial charge in [0.15, 0.2) is 11.5 Å². The summed E-state index contributed by atoms with van der Waals surface area (Å²) in [5.74, 6) is -1.30. The summed E-state index contributed by atoms with van der Waals surface area (Å²) in [6.07, 6.45) is 1.57. The summed E-state index contributed by atoms with van der Waals surface area (Å²) < 4.78 is 1.42. The maximum absolute atomic E-state index is 13.5. The van der Waals surface area contributed by atoms with Crippen molar-refractivity contribution in [3.05, 3.63) is 65.6 Å². The van der Waals surface area contributed by atoms with Gasteiger partial charge < -0.3 is 15.2 Å². The number of rotatable bonds is 3. The molecule has 0 bridgehead atoms. The zero-order chi connectivity index (χ0) is 23.5. The molecule has 0 amide bonds. The van der Waals surface area contributed by atoms with E-state index in [0.29, 0.717) is 16.8 Å². The van der Waals surface area contributed by atoms with Gasteiger partial charge in [-0.2, -0.15) is 0 Å². The van der Waals surface area contributed by atoms with Gasteiger partial charge in [0.1, 0.15) is 5.15 Å². The molecule has 166 valence electrons. The van der Waals surface area contributed by atoms with Crippen molar-refractivity contribution in [2.75, 3.05) is 0 Å². The second kappa shape index (κ2) is 7.35. The Morgan fingerprint density at radius 1 is 1.06 bits per heavy atom. The van der Waals surface area contributed by atoms with Crippen molar-refractivity contribution in [3.8, 4) is 28.6 Å². The number of carbonyl (C=O) groups is 1. The van der Waals surface area contributed by atoms with Crippen LogP contribution >= 0.6 is 11.6 Å². The van der Waals surface area contributed by atoms with Crippen LogP contribution in [0.15, 0.2) is 54.9 Å². The summed E-state index contributed by atoms with van der Waals surface area (Å²) in [5.41, 5.74) is 2.55. The first kappa shape index (κ1) is 21.0. The summed E-state index contributed by atoms with van der Waals surface area (Å²) in [7, 11) is 0. The van der Waals surface area contributed by atoms with Gasteiger partial charge >= 0.3 is 0 Å². The van der Waals surface area contributed by atoms with Crippen LogP contribution in [0.25, 0.3) is 38.9 Å². The summed E-state index contributed by atoms with van der Waals surface area (Å²) in [4.78, 5) is 25.2. The zero-order valence-electron chi connectivity index (χ0n) is 18.2. The van der Waals surface area contributed by atoms with Crippen molar-refractivity contribution in [2.45, 2.75) is 20.8 Å². The van der Waals surface area contributed by atoms with E-state index < -0.39 is 17.0 Å². The number of halogens is 1. The minimum Gasteiger partial charge on any atom is -0.503 e. The van der Waals surface area contributed by atoms with E-state index in [1.54, 1.807) is 45.3 Å². The van der Waals surface area contributed by atoms with Crippen LogP contribution in [0.3, 0.4) is 0 Å². The Morgan fingerprint density at radius 3 is 2.58 bits per heavy atom. The molecule has 5 rings (SSSR count). The number of carbonyl (C=O) groups excluding carboxylic acids is 1. The van der Waals surface area contributed by atoms with E-state index in [1.165, 1.54) is 4.57 Å². The number of aromatic nitrogens is 4. The van der Waals surface area contributed by atoms with Gasteiger partial charge in [0.05, 0.1) is 39.8 Å². The predicted molar refractivity (Wildman–Crippen MR) is 128 cm³/mol. The molecule has 0 unspecified atom stereocenters. The Bertz CT molecular complexity index is 1560. The van der Waals surface area contributed by atoms with Crippen molar-refractivity contribution in [3.63, 3.8) is 0 Å². The Morgan fingerprint density at radius 2 is 1.82 bits per heavy atom. The predicted octanol–water partition coefficient (Wildman–Crippen LogP) is 5.86. The van der Waals surface area contributed by atoms with Gasteiger partial charge in [0, 0.05) is 16.4 Å². The molecule has 3 N–H and O–H groups in total. The molecule has 0 atom stereocenters. The number of nitrogens with zero attached hydrogens (tertiary/aromatic N) is 3. The zero-order valence-corrected chi connectivity index (χ0v) is 19.0. The number of aromatic amines is 1. The van der Waals surface area contributed by atoms with E-state index in [2.05, 4.69) is 15.0 Å². The van der Waals surface area contributed by atoms with Crippen LogP contribution in [0.1, 0.15) is 31.1 Å². The van der Waals surface area contributed by atoms with Gasteiger partial charge in [0.25, 0.3) is 0 Å². The Balaban J connectivity index is 1.89. The van der Waals surface area contributed by atoms with Crippen LogP contribution in [-0.2, 0) is 0 Å². The standard InChI is InChI=1S/C25H21ClN4O3/c1-25(2,3)22(32)19-20(15-10-13-6-4-5-7-16(13)29-23(15)26)30(24(33)21(19)31)14-8-9-17-18(11-14)28-12-27-17/h4-12,31,33H,1-3H3,(H,27,28). The summed E-state index contributed by atoms with van der Waals surface area (Å²) in [6.45, 7) is 5.26. The Hall–Kier alpha value is -3.84. The largest absolute Gasteiger partial charge is 0.503 e. The fourth-order valence-corrected chi connectivity index (χ4v) is 4.20. The van der Waals surface area contributed by atoms with E-state index in [1.807, 2.05) is 30.3 Å². The molecule has 0 aliphatic heterocycles. The molecule has 3 heterocycles. The number of imidazole rings is 1. The van der Waals surface area contributed by atoms with Crippen molar-refractivity contribution in [1.29, 1.82) is 0 Å². The lowest BCUT2D eigenvalue weighted by molar-refractivity contribution is 0.0856. The van der Waals surface area contributed by atoms with E-state index in [0.717, 1.165) is 16.4 Å². The van der Waals surface area contributed by atoms with Gasteiger partial charge in [-0.05, 0) is 30.3 Å². The number of nitrogens with one attached hydrogen (secondary N) is 1. The second-order valence-electron chi connectivity index (χ2n) is 8.93. The molecule has 0 saturated heterocycles. The Kier molecular flexibility index (Phi) is 4.68. The minimum atomic E-state index is -0.824. The minimum absolute atomic E-state index is 0.0105. The summed E-state index contributed by atoms with van der Waals surface area (Å²) in [5, 5.41) is 22.9. The average Bonchev–Trinajstić information content (AvgIpc) is 3.34. The monoisotopic (exact) mass is 460 g/mol. The first-order valence-corrected chi connectivity index (χ1v) is 10.7. The van der Waals surface area contributed by atoms with Crippen molar-refractivity contribution < 1.29 is 15.0 Å². The van der Waals surface area contributed by atoms with E-state index in [9.17, 15) is 15.0 Å². The average molecular weight is 461 g/mol. The number of fused-ring (bicyclic) bond motifs is 2. The number of H-pyrrole nitrogens is 1. The lowest BCUT2D eigenvalue weighted by Gasteiger charge is -2.19. The van der Waals surface area contributed by atoms with Crippen LogP contribution in [-0.4, -0.2) is 35.5 Å². The smallest absolute Gasteiger partial charge is 0.240 e. The highest BCUT2D eigenvalue weighted by Crippen LogP contribution is 2.47. The topological polar surface area (TPSA) is 104 Å². The highest BCUT2D eigenvalue weighted by Gasteiger charge is 2.35. The van der Waals surface area contributed by atoms with Crippen LogP contribution in [0.5, 0.6) is 11.6 Å². The normalized spacial score (nSPS) is 12.0. The van der Waals surface area contributed by atoms with Crippen molar-refractivity contribution in [2.24, 2.45) is 5.41 Å². The fourth-order valence-electron chi connectivity index (χ4n) is 3.97. The number of Topliss-reactive ketones (excluding diaryl/α,β-unsaturated/α-hetero) is 1. The second-order valence-corrected chi connectivity index (χ2v) is 9.29. The van der Waals surface area contributed by atoms with Gasteiger partial charge in [-0.15, -0.1) is 0 Å². The first-order valence-electron chi connectivity index (χ1n) is 10.4. The molecule has 2 aromatic carbocycles. The molecule has 0 spiro atoms. The molecule has 5 aromatic rings. The molecule has 33 heavy (non-hydrogen) atoms. The van der Waals surface area contributed by atoms with Gasteiger partial charge in [-0.1, -0.05) is 50.6 Å². The SMILES string of the molecule is CC(C)(C)C(=O)c1c(O)c(O)n(-c2ccc3nc[nH]c3c2)c1-c1cc2ccccc2nc1Cl. The molecule has 0 saturated carbocycles. The fraction of sp³-hybridized carbons (Fsp3) is 0.160. The Labute approximate surface area is 194 Å². The molecular formula is C25H21ClN4O3. The molecule has 0 radical (unpaired) electrons. The van der Waals surface area contributed by atoms with Gasteiger partial charge in [-0.3, -0.25) is 9.36 Å². The van der Waals surface area contributed by atoms with E-state index >= 15 is 0 Å². The van der Waals surface area contributed by atoms with E-state index in [-0.39, 0.29) is 22.2 Å². The maximum Gasteiger partial charge on any atom is 0.240 e. The van der Waals surface area contributed by atoms with Crippen LogP contribution in [0.4, 0.5) is 0 Å². The van der Waals surface area contributed by atoms with Crippen LogP contribution < -0.4 is 0 Å². The summed E-state index contributed by atoms with van der Waals surface area (Å²) in [6, 6.07) is 14.6. The first-order chi connectivity index (χ1) is 15.7. The number of aromatic hydroxyl groups is 2. The third-order valence-corrected chi connectivity index (χ3v) is 5.91. The van der Waals surface area contributed by atoms with Gasteiger partial charge in [-0.25, -0.2) is 9.97 Å². The third kappa shape index (κ3) is 3.32. The highest BCUT2D eigenvalue weighted by molar-refractivity contribution is 6.33. The quantitative estimate of drug-likeness (QED) is 0.231. The molecule has 0 aliphatic rings. The number of benzene rings is 2. The highest BCUT2D eigenvalue weighted by atomic mass is 35.5. The molecule has 0 fully saturated rings. The number of ketones is 1. The molecule has 3 aromatic heterocycles. The molecule has 7 nitrogen and oxygen atoms in total. The number of hydrogen-bond donors (Lipinski definition) is 3. The molecule has 8 heteroatoms. The lowest BCUT2D eigenvalue weighted by atomic mass is 9.85. The number of pyridine rings is 1. The van der Waals surface area contributed by atoms with Crippen LogP contribution in [0, 0.1) is 5.41 Å². The summed E-state index contributed by atoms with van der Waals surface area (Å²) >= 11 is 6.61. The maximum atomic E-state index is 13.5. The van der Waals surface area contributed by atoms with Gasteiger partial charge in [0.2, 0.25) is 5.88 Å². The molecule has 0 aliphatic carbocycles. The number of para-hydroxylation sites is 1. The third-order valence-electron chi connectivity index (χ3n) is 5.62. The lowest BCUT2D eigenvalue weighted by Crippen LogP contribution is -2.21. The molecular weight excluding hydrogens is 440 g/mol. The van der Waals surface area contributed by atoms with Crippen molar-refractivity contribution in [1.82, 2.24) is 19.5 Å².